The van der Waals surface area contributed by atoms with Crippen molar-refractivity contribution in [3.63, 3.8) is 0 Å². The van der Waals surface area contributed by atoms with Gasteiger partial charge in [0, 0.05) is 45.7 Å². The third-order valence-corrected chi connectivity index (χ3v) is 7.32. The molecule has 1 aliphatic heterocycles. The Bertz CT molecular complexity index is 1220. The lowest BCUT2D eigenvalue weighted by atomic mass is 10.1. The number of nitrogens with zero attached hydrogens (tertiary/aromatic N) is 2. The van der Waals surface area contributed by atoms with Crippen LogP contribution in [0.25, 0.3) is 16.8 Å². The molecular formula is C26H29N3O3S. The van der Waals surface area contributed by atoms with Crippen LogP contribution in [0.1, 0.15) is 12.0 Å². The first kappa shape index (κ1) is 23.2. The molecule has 1 aliphatic rings. The predicted octanol–water partition coefficient (Wildman–Crippen LogP) is 3.37. The average Bonchev–Trinajstić information content (AvgIpc) is 2.84. The predicted molar refractivity (Wildman–Crippen MR) is 132 cm³/mol. The number of amides is 1. The van der Waals surface area contributed by atoms with Gasteiger partial charge in [-0.3, -0.25) is 9.69 Å². The lowest BCUT2D eigenvalue weighted by Crippen LogP contribution is -2.49. The molecule has 0 bridgehead atoms. The van der Waals surface area contributed by atoms with Gasteiger partial charge in [0.2, 0.25) is 15.9 Å². The SMILES string of the molecule is O=C(CCNS(=O)(=O)c1ccc2ccccc2c1)N1CCN(C/C=C/c2ccccc2)CC1. The molecule has 1 amide bonds. The highest BCUT2D eigenvalue weighted by Crippen LogP contribution is 2.18. The summed E-state index contributed by atoms with van der Waals surface area (Å²) < 4.78 is 27.8. The highest BCUT2D eigenvalue weighted by atomic mass is 32.2. The van der Waals surface area contributed by atoms with E-state index in [1.165, 1.54) is 5.56 Å². The molecule has 7 heteroatoms. The number of rotatable bonds is 8. The van der Waals surface area contributed by atoms with Gasteiger partial charge in [0.25, 0.3) is 0 Å². The summed E-state index contributed by atoms with van der Waals surface area (Å²) in [5.41, 5.74) is 1.18. The first-order chi connectivity index (χ1) is 16.0. The van der Waals surface area contributed by atoms with E-state index in [4.69, 9.17) is 0 Å². The maximum atomic E-state index is 12.6. The lowest BCUT2D eigenvalue weighted by molar-refractivity contribution is -0.132. The lowest BCUT2D eigenvalue weighted by Gasteiger charge is -2.34. The second-order valence-corrected chi connectivity index (χ2v) is 9.92. The maximum Gasteiger partial charge on any atom is 0.240 e. The number of piperazine rings is 1. The van der Waals surface area contributed by atoms with Gasteiger partial charge >= 0.3 is 0 Å². The van der Waals surface area contributed by atoms with Crippen LogP contribution in [0, 0.1) is 0 Å². The first-order valence-electron chi connectivity index (χ1n) is 11.2. The first-order valence-corrected chi connectivity index (χ1v) is 12.7. The topological polar surface area (TPSA) is 69.7 Å². The van der Waals surface area contributed by atoms with E-state index < -0.39 is 10.0 Å². The summed E-state index contributed by atoms with van der Waals surface area (Å²) >= 11 is 0. The third-order valence-electron chi connectivity index (χ3n) is 5.86. The smallest absolute Gasteiger partial charge is 0.240 e. The van der Waals surface area contributed by atoms with Crippen LogP contribution in [-0.2, 0) is 14.8 Å². The molecule has 1 N–H and O–H groups in total. The van der Waals surface area contributed by atoms with Gasteiger partial charge < -0.3 is 4.90 Å². The van der Waals surface area contributed by atoms with Crippen molar-refractivity contribution in [1.82, 2.24) is 14.5 Å². The number of hydrogen-bond donors (Lipinski definition) is 1. The van der Waals surface area contributed by atoms with Crippen LogP contribution in [0.2, 0.25) is 0 Å². The summed E-state index contributed by atoms with van der Waals surface area (Å²) in [6, 6.07) is 22.9. The molecule has 0 aromatic heterocycles. The average molecular weight is 464 g/mol. The Labute approximate surface area is 195 Å². The fourth-order valence-electron chi connectivity index (χ4n) is 3.95. The minimum atomic E-state index is -3.66. The summed E-state index contributed by atoms with van der Waals surface area (Å²) in [6.07, 6.45) is 4.41. The van der Waals surface area contributed by atoms with Crippen molar-refractivity contribution in [2.24, 2.45) is 0 Å². The molecule has 0 spiro atoms. The van der Waals surface area contributed by atoms with E-state index in [1.807, 2.05) is 47.4 Å². The van der Waals surface area contributed by atoms with Gasteiger partial charge in [0.15, 0.2) is 0 Å². The van der Waals surface area contributed by atoms with Gasteiger partial charge in [-0.25, -0.2) is 13.1 Å². The van der Waals surface area contributed by atoms with Crippen LogP contribution in [0.5, 0.6) is 0 Å². The highest BCUT2D eigenvalue weighted by Gasteiger charge is 2.21. The second-order valence-electron chi connectivity index (χ2n) is 8.15. The van der Waals surface area contributed by atoms with Crippen LogP contribution in [-0.4, -0.2) is 63.4 Å². The summed E-state index contributed by atoms with van der Waals surface area (Å²) in [7, 11) is -3.66. The zero-order valence-electron chi connectivity index (χ0n) is 18.6. The molecule has 33 heavy (non-hydrogen) atoms. The molecule has 6 nitrogen and oxygen atoms in total. The van der Waals surface area contributed by atoms with Gasteiger partial charge in [0.05, 0.1) is 4.90 Å². The molecule has 172 valence electrons. The van der Waals surface area contributed by atoms with Crippen molar-refractivity contribution in [3.8, 4) is 0 Å². The van der Waals surface area contributed by atoms with Crippen molar-refractivity contribution < 1.29 is 13.2 Å². The van der Waals surface area contributed by atoms with Crippen LogP contribution in [0.15, 0.2) is 83.8 Å². The second kappa shape index (κ2) is 10.7. The Morgan fingerprint density at radius 2 is 1.58 bits per heavy atom. The molecule has 1 heterocycles. The van der Waals surface area contributed by atoms with Crippen molar-refractivity contribution in [2.45, 2.75) is 11.3 Å². The minimum absolute atomic E-state index is 0.0179. The number of carbonyl (C=O) groups excluding carboxylic acids is 1. The largest absolute Gasteiger partial charge is 0.340 e. The normalized spacial score (nSPS) is 15.3. The van der Waals surface area contributed by atoms with E-state index >= 15 is 0 Å². The molecule has 0 aliphatic carbocycles. The summed E-state index contributed by atoms with van der Waals surface area (Å²) in [4.78, 5) is 16.9. The molecule has 0 atom stereocenters. The zero-order valence-corrected chi connectivity index (χ0v) is 19.4. The number of carbonyl (C=O) groups is 1. The van der Waals surface area contributed by atoms with Gasteiger partial charge in [-0.15, -0.1) is 0 Å². The highest BCUT2D eigenvalue weighted by molar-refractivity contribution is 7.89. The van der Waals surface area contributed by atoms with E-state index in [-0.39, 0.29) is 23.8 Å². The van der Waals surface area contributed by atoms with Crippen molar-refractivity contribution >= 4 is 32.8 Å². The van der Waals surface area contributed by atoms with Gasteiger partial charge in [-0.1, -0.05) is 72.8 Å². The molecule has 1 saturated heterocycles. The number of sulfonamides is 1. The molecule has 3 aromatic rings. The van der Waals surface area contributed by atoms with Gasteiger partial charge in [-0.2, -0.15) is 0 Å². The maximum absolute atomic E-state index is 12.6. The fraction of sp³-hybridized carbons (Fsp3) is 0.269. The Kier molecular flexibility index (Phi) is 7.54. The van der Waals surface area contributed by atoms with Crippen LogP contribution < -0.4 is 4.72 Å². The molecule has 0 saturated carbocycles. The molecule has 1 fully saturated rings. The molecule has 0 unspecified atom stereocenters. The Morgan fingerprint density at radius 1 is 0.879 bits per heavy atom. The number of fused-ring (bicyclic) bond motifs is 1. The van der Waals surface area contributed by atoms with Crippen molar-refractivity contribution in [2.75, 3.05) is 39.3 Å². The number of hydrogen-bond acceptors (Lipinski definition) is 4. The number of nitrogens with one attached hydrogen (secondary N) is 1. The standard InChI is InChI=1S/C26H29N3O3S/c30-26(29-19-17-28(18-20-29)16-6-9-22-7-2-1-3-8-22)14-15-27-33(31,32)25-13-12-23-10-4-5-11-24(23)21-25/h1-13,21,27H,14-20H2/b9-6+. The summed E-state index contributed by atoms with van der Waals surface area (Å²) in [5.74, 6) is -0.0179. The van der Waals surface area contributed by atoms with Gasteiger partial charge in [0.1, 0.15) is 0 Å². The molecule has 4 rings (SSSR count). The van der Waals surface area contributed by atoms with Crippen LogP contribution in [0.3, 0.4) is 0 Å². The van der Waals surface area contributed by atoms with Crippen LogP contribution >= 0.6 is 0 Å². The Morgan fingerprint density at radius 3 is 2.33 bits per heavy atom. The van der Waals surface area contributed by atoms with Crippen molar-refractivity contribution in [1.29, 1.82) is 0 Å². The minimum Gasteiger partial charge on any atom is -0.340 e. The quantitative estimate of drug-likeness (QED) is 0.556. The van der Waals surface area contributed by atoms with E-state index in [1.54, 1.807) is 18.2 Å². The molecular weight excluding hydrogens is 434 g/mol. The monoisotopic (exact) mass is 463 g/mol. The van der Waals surface area contributed by atoms with E-state index in [0.29, 0.717) is 13.1 Å². The summed E-state index contributed by atoms with van der Waals surface area (Å²) in [6.45, 7) is 3.89. The van der Waals surface area contributed by atoms with E-state index in [9.17, 15) is 13.2 Å². The fourth-order valence-corrected chi connectivity index (χ4v) is 5.02. The zero-order chi connectivity index (χ0) is 23.1. The molecule has 3 aromatic carbocycles. The third kappa shape index (κ3) is 6.28. The van der Waals surface area contributed by atoms with E-state index in [2.05, 4.69) is 33.9 Å². The number of benzene rings is 3. The summed E-state index contributed by atoms with van der Waals surface area (Å²) in [5, 5.41) is 1.86. The van der Waals surface area contributed by atoms with E-state index in [0.717, 1.165) is 30.4 Å². The Hall–Kier alpha value is -3.00. The van der Waals surface area contributed by atoms with Crippen LogP contribution in [0.4, 0.5) is 0 Å². The van der Waals surface area contributed by atoms with Gasteiger partial charge in [-0.05, 0) is 28.5 Å². The van der Waals surface area contributed by atoms with Crippen molar-refractivity contribution in [3.05, 3.63) is 84.4 Å². The Balaban J connectivity index is 1.21. The molecule has 0 radical (unpaired) electrons.